The lowest BCUT2D eigenvalue weighted by atomic mass is 9.97. The molecule has 0 radical (unpaired) electrons. The van der Waals surface area contributed by atoms with Gasteiger partial charge in [0.05, 0.1) is 6.61 Å². The van der Waals surface area contributed by atoms with Gasteiger partial charge >= 0.3 is 0 Å². The second-order valence-electron chi connectivity index (χ2n) is 5.63. The summed E-state index contributed by atoms with van der Waals surface area (Å²) in [6.07, 6.45) is 3.70. The van der Waals surface area contributed by atoms with Gasteiger partial charge in [-0.05, 0) is 32.0 Å². The molecule has 2 aliphatic rings. The first-order valence-electron chi connectivity index (χ1n) is 7.57. The fourth-order valence-electron chi connectivity index (χ4n) is 3.28. The number of ether oxygens (including phenoxy) is 1. The van der Waals surface area contributed by atoms with E-state index in [1.54, 1.807) is 0 Å². The highest BCUT2D eigenvalue weighted by molar-refractivity contribution is 5.37. The second kappa shape index (κ2) is 5.93. The molecule has 3 nitrogen and oxygen atoms in total. The summed E-state index contributed by atoms with van der Waals surface area (Å²) in [6.45, 7) is 6.71. The summed E-state index contributed by atoms with van der Waals surface area (Å²) in [7, 11) is 0. The Labute approximate surface area is 115 Å². The van der Waals surface area contributed by atoms with Crippen molar-refractivity contribution >= 4 is 0 Å². The fourth-order valence-corrected chi connectivity index (χ4v) is 3.28. The van der Waals surface area contributed by atoms with E-state index in [0.717, 1.165) is 18.8 Å². The molecule has 3 heteroatoms. The number of likely N-dealkylation sites (tertiary alicyclic amines) is 1. The van der Waals surface area contributed by atoms with Gasteiger partial charge in [-0.3, -0.25) is 0 Å². The Kier molecular flexibility index (Phi) is 4.04. The monoisotopic (exact) mass is 260 g/mol. The van der Waals surface area contributed by atoms with Crippen molar-refractivity contribution in [3.63, 3.8) is 0 Å². The Hall–Kier alpha value is -1.06. The van der Waals surface area contributed by atoms with Crippen LogP contribution in [0.2, 0.25) is 0 Å². The summed E-state index contributed by atoms with van der Waals surface area (Å²) >= 11 is 0. The minimum atomic E-state index is 0.465. The largest absolute Gasteiger partial charge is 0.493 e. The molecule has 2 atom stereocenters. The number of nitrogens with zero attached hydrogens (tertiary/aromatic N) is 1. The lowest BCUT2D eigenvalue weighted by Crippen LogP contribution is -2.47. The molecule has 0 aromatic heterocycles. The first-order valence-corrected chi connectivity index (χ1v) is 7.57. The van der Waals surface area contributed by atoms with Gasteiger partial charge in [0.1, 0.15) is 5.75 Å². The van der Waals surface area contributed by atoms with Gasteiger partial charge in [0.2, 0.25) is 0 Å². The van der Waals surface area contributed by atoms with Crippen molar-refractivity contribution in [1.29, 1.82) is 0 Å². The first kappa shape index (κ1) is 12.9. The fraction of sp³-hybridized carbons (Fsp3) is 0.625. The molecule has 0 spiro atoms. The topological polar surface area (TPSA) is 24.5 Å². The normalized spacial score (nSPS) is 27.6. The molecule has 1 aromatic rings. The van der Waals surface area contributed by atoms with Gasteiger partial charge in [0, 0.05) is 30.6 Å². The summed E-state index contributed by atoms with van der Waals surface area (Å²) < 4.78 is 5.73. The lowest BCUT2D eigenvalue weighted by molar-refractivity contribution is 0.176. The highest BCUT2D eigenvalue weighted by Gasteiger charge is 2.25. The molecule has 1 fully saturated rings. The van der Waals surface area contributed by atoms with Crippen LogP contribution in [0, 0.1) is 0 Å². The Bertz CT molecular complexity index is 421. The zero-order valence-electron chi connectivity index (χ0n) is 11.8. The lowest BCUT2D eigenvalue weighted by Gasteiger charge is -2.36. The van der Waals surface area contributed by atoms with Crippen LogP contribution in [0.4, 0.5) is 0 Å². The van der Waals surface area contributed by atoms with Crippen LogP contribution in [0.25, 0.3) is 0 Å². The molecule has 0 bridgehead atoms. The van der Waals surface area contributed by atoms with E-state index >= 15 is 0 Å². The van der Waals surface area contributed by atoms with Gasteiger partial charge in [-0.25, -0.2) is 0 Å². The second-order valence-corrected chi connectivity index (χ2v) is 5.63. The molecular weight excluding hydrogens is 236 g/mol. The molecule has 3 rings (SSSR count). The third-order valence-corrected chi connectivity index (χ3v) is 4.35. The van der Waals surface area contributed by atoms with Crippen LogP contribution >= 0.6 is 0 Å². The molecule has 0 amide bonds. The molecule has 2 aliphatic heterocycles. The van der Waals surface area contributed by atoms with Crippen molar-refractivity contribution in [3.05, 3.63) is 29.8 Å². The highest BCUT2D eigenvalue weighted by Crippen LogP contribution is 2.32. The zero-order valence-corrected chi connectivity index (χ0v) is 11.8. The van der Waals surface area contributed by atoms with E-state index < -0.39 is 0 Å². The third-order valence-electron chi connectivity index (χ3n) is 4.35. The van der Waals surface area contributed by atoms with Crippen LogP contribution in [0.5, 0.6) is 5.75 Å². The Morgan fingerprint density at radius 1 is 1.32 bits per heavy atom. The zero-order chi connectivity index (χ0) is 13.1. The Morgan fingerprint density at radius 3 is 3.11 bits per heavy atom. The van der Waals surface area contributed by atoms with Crippen molar-refractivity contribution in [2.45, 2.75) is 38.3 Å². The molecule has 19 heavy (non-hydrogen) atoms. The Balaban J connectivity index is 1.67. The van der Waals surface area contributed by atoms with Crippen LogP contribution in [-0.4, -0.2) is 37.2 Å². The van der Waals surface area contributed by atoms with Gasteiger partial charge in [0.25, 0.3) is 0 Å². The number of hydrogen-bond acceptors (Lipinski definition) is 3. The van der Waals surface area contributed by atoms with Crippen LogP contribution in [0.3, 0.4) is 0 Å². The summed E-state index contributed by atoms with van der Waals surface area (Å²) in [5.74, 6) is 1.06. The number of fused-ring (bicyclic) bond motifs is 1. The predicted octanol–water partition coefficient (Wildman–Crippen LogP) is 2.58. The molecule has 2 heterocycles. The van der Waals surface area contributed by atoms with Crippen molar-refractivity contribution in [2.24, 2.45) is 0 Å². The van der Waals surface area contributed by atoms with E-state index in [0.29, 0.717) is 12.1 Å². The maximum absolute atomic E-state index is 5.73. The standard InChI is InChI=1S/C16H24N2O/c1-2-18-10-5-6-13(12-18)17-15-9-11-19-16-8-4-3-7-14(15)16/h3-4,7-8,13,15,17H,2,5-6,9-12H2,1H3. The molecule has 104 valence electrons. The number of para-hydroxylation sites is 1. The number of nitrogens with one attached hydrogen (secondary N) is 1. The smallest absolute Gasteiger partial charge is 0.124 e. The first-order chi connectivity index (χ1) is 9.36. The summed E-state index contributed by atoms with van der Waals surface area (Å²) in [5.41, 5.74) is 1.34. The molecule has 1 saturated heterocycles. The van der Waals surface area contributed by atoms with E-state index in [9.17, 15) is 0 Å². The van der Waals surface area contributed by atoms with E-state index in [-0.39, 0.29) is 0 Å². The third kappa shape index (κ3) is 2.93. The van der Waals surface area contributed by atoms with Gasteiger partial charge in [-0.15, -0.1) is 0 Å². The highest BCUT2D eigenvalue weighted by atomic mass is 16.5. The number of likely N-dealkylation sites (N-methyl/N-ethyl adjacent to an activating group) is 1. The molecule has 1 aromatic carbocycles. The number of hydrogen-bond donors (Lipinski definition) is 1. The molecule has 0 saturated carbocycles. The SMILES string of the molecule is CCN1CCCC(NC2CCOc3ccccc32)C1. The van der Waals surface area contributed by atoms with Gasteiger partial charge in [0.15, 0.2) is 0 Å². The molecule has 2 unspecified atom stereocenters. The number of benzene rings is 1. The molecular formula is C16H24N2O. The summed E-state index contributed by atoms with van der Waals surface area (Å²) in [4.78, 5) is 2.55. The van der Waals surface area contributed by atoms with Crippen molar-refractivity contribution in [3.8, 4) is 5.75 Å². The minimum Gasteiger partial charge on any atom is -0.493 e. The van der Waals surface area contributed by atoms with E-state index in [2.05, 4.69) is 41.4 Å². The van der Waals surface area contributed by atoms with Crippen molar-refractivity contribution in [2.75, 3.05) is 26.2 Å². The summed E-state index contributed by atoms with van der Waals surface area (Å²) in [5, 5.41) is 3.86. The molecule has 0 aliphatic carbocycles. The average molecular weight is 260 g/mol. The maximum atomic E-state index is 5.73. The average Bonchev–Trinajstić information content (AvgIpc) is 2.48. The van der Waals surface area contributed by atoms with Gasteiger partial charge in [-0.1, -0.05) is 25.1 Å². The van der Waals surface area contributed by atoms with E-state index in [1.165, 1.54) is 38.0 Å². The molecule has 1 N–H and O–H groups in total. The van der Waals surface area contributed by atoms with E-state index in [1.807, 2.05) is 0 Å². The minimum absolute atomic E-state index is 0.465. The van der Waals surface area contributed by atoms with Crippen LogP contribution in [0.15, 0.2) is 24.3 Å². The number of rotatable bonds is 3. The quantitative estimate of drug-likeness (QED) is 0.904. The maximum Gasteiger partial charge on any atom is 0.124 e. The van der Waals surface area contributed by atoms with E-state index in [4.69, 9.17) is 4.74 Å². The van der Waals surface area contributed by atoms with Gasteiger partial charge < -0.3 is 15.0 Å². The Morgan fingerprint density at radius 2 is 2.21 bits per heavy atom. The number of piperidine rings is 1. The van der Waals surface area contributed by atoms with Crippen LogP contribution in [0.1, 0.15) is 37.8 Å². The van der Waals surface area contributed by atoms with Crippen LogP contribution < -0.4 is 10.1 Å². The summed E-state index contributed by atoms with van der Waals surface area (Å²) in [6, 6.07) is 9.55. The predicted molar refractivity (Wildman–Crippen MR) is 77.6 cm³/mol. The van der Waals surface area contributed by atoms with Gasteiger partial charge in [-0.2, -0.15) is 0 Å². The van der Waals surface area contributed by atoms with Crippen molar-refractivity contribution in [1.82, 2.24) is 10.2 Å². The van der Waals surface area contributed by atoms with Crippen molar-refractivity contribution < 1.29 is 4.74 Å². The van der Waals surface area contributed by atoms with Crippen LogP contribution in [-0.2, 0) is 0 Å².